The van der Waals surface area contributed by atoms with Crippen LogP contribution in [-0.2, 0) is 30.8 Å². The summed E-state index contributed by atoms with van der Waals surface area (Å²) in [6.07, 6.45) is -0.985. The predicted molar refractivity (Wildman–Crippen MR) is 188 cm³/mol. The highest BCUT2D eigenvalue weighted by molar-refractivity contribution is 7.89. The summed E-state index contributed by atoms with van der Waals surface area (Å²) in [5.74, 6) is -0.533. The Balaban J connectivity index is 1.59. The van der Waals surface area contributed by atoms with Crippen molar-refractivity contribution in [1.82, 2.24) is 14.5 Å². The fraction of sp³-hybridized carbons (Fsp3) is 0.444. The number of aliphatic hydroxyl groups excluding tert-OH is 1. The number of nitrogen functional groups attached to an aromatic ring is 1. The second-order valence-electron chi connectivity index (χ2n) is 12.8. The Labute approximate surface area is 284 Å². The second kappa shape index (κ2) is 16.9. The summed E-state index contributed by atoms with van der Waals surface area (Å²) in [6.45, 7) is 9.39. The van der Waals surface area contributed by atoms with Gasteiger partial charge in [-0.15, -0.1) is 0 Å². The molecule has 0 aromatic heterocycles. The van der Waals surface area contributed by atoms with Gasteiger partial charge >= 0.3 is 0 Å². The zero-order valence-corrected chi connectivity index (χ0v) is 29.2. The zero-order valence-electron chi connectivity index (χ0n) is 28.3. The van der Waals surface area contributed by atoms with Crippen LogP contribution in [0.2, 0.25) is 0 Å². The minimum absolute atomic E-state index is 0.00693. The zero-order chi connectivity index (χ0) is 34.8. The molecule has 3 aromatic rings. The molecular weight excluding hydrogens is 630 g/mol. The van der Waals surface area contributed by atoms with Crippen LogP contribution in [0.4, 0.5) is 11.4 Å². The topological polar surface area (TPSA) is 146 Å². The number of nitrogens with zero attached hydrogens (tertiary/aromatic N) is 3. The van der Waals surface area contributed by atoms with Gasteiger partial charge in [-0.2, -0.15) is 4.31 Å². The van der Waals surface area contributed by atoms with Gasteiger partial charge < -0.3 is 30.7 Å². The third-order valence-electron chi connectivity index (χ3n) is 8.37. The van der Waals surface area contributed by atoms with Gasteiger partial charge in [0, 0.05) is 37.6 Å². The minimum atomic E-state index is -3.99. The molecule has 1 aliphatic rings. The molecule has 11 nitrogen and oxygen atoms in total. The molecule has 2 atom stereocenters. The smallest absolute Gasteiger partial charge is 0.243 e. The van der Waals surface area contributed by atoms with E-state index >= 15 is 0 Å². The maximum atomic E-state index is 13.9. The van der Waals surface area contributed by atoms with E-state index < -0.39 is 28.1 Å². The van der Waals surface area contributed by atoms with Crippen LogP contribution < -0.4 is 16.0 Å². The lowest BCUT2D eigenvalue weighted by atomic mass is 10.0. The van der Waals surface area contributed by atoms with Gasteiger partial charge in [-0.25, -0.2) is 8.42 Å². The molecule has 48 heavy (non-hydrogen) atoms. The first-order valence-electron chi connectivity index (χ1n) is 16.4. The lowest BCUT2D eigenvalue weighted by Crippen LogP contribution is -2.53. The number of carbonyl (C=O) groups excluding carboxylic acids is 2. The number of nitrogens with two attached hydrogens (primary N) is 1. The third kappa shape index (κ3) is 10.0. The van der Waals surface area contributed by atoms with Crippen molar-refractivity contribution in [2.45, 2.75) is 51.2 Å². The first-order chi connectivity index (χ1) is 22.8. The summed E-state index contributed by atoms with van der Waals surface area (Å²) in [5, 5.41) is 14.7. The van der Waals surface area contributed by atoms with Crippen LogP contribution in [0.5, 0.6) is 0 Å². The number of para-hydroxylation sites is 1. The molecule has 1 heterocycles. The van der Waals surface area contributed by atoms with Gasteiger partial charge in [0.25, 0.3) is 0 Å². The van der Waals surface area contributed by atoms with Crippen molar-refractivity contribution in [3.05, 3.63) is 89.5 Å². The lowest BCUT2D eigenvalue weighted by Gasteiger charge is -2.33. The summed E-state index contributed by atoms with van der Waals surface area (Å²) >= 11 is 0. The van der Waals surface area contributed by atoms with Gasteiger partial charge in [-0.3, -0.25) is 9.59 Å². The molecule has 0 radical (unpaired) electrons. The number of benzene rings is 3. The van der Waals surface area contributed by atoms with Crippen molar-refractivity contribution in [2.75, 3.05) is 63.1 Å². The fourth-order valence-electron chi connectivity index (χ4n) is 5.97. The minimum Gasteiger partial charge on any atom is -0.399 e. The number of anilines is 2. The fourth-order valence-corrected chi connectivity index (χ4v) is 7.60. The Kier molecular flexibility index (Phi) is 13.0. The predicted octanol–water partition coefficient (Wildman–Crippen LogP) is 2.99. The van der Waals surface area contributed by atoms with Crippen LogP contribution in [0, 0.1) is 19.8 Å². The van der Waals surface area contributed by atoms with E-state index in [4.69, 9.17) is 10.5 Å². The molecule has 4 N–H and O–H groups in total. The van der Waals surface area contributed by atoms with Crippen molar-refractivity contribution < 1.29 is 27.9 Å². The Morgan fingerprint density at radius 1 is 0.917 bits per heavy atom. The highest BCUT2D eigenvalue weighted by Crippen LogP contribution is 2.25. The molecule has 0 spiro atoms. The summed E-state index contributed by atoms with van der Waals surface area (Å²) in [7, 11) is -3.99. The van der Waals surface area contributed by atoms with Crippen LogP contribution >= 0.6 is 0 Å². The SMILES string of the molecule is Cc1cccc(C)c1N(CC(=O)N[C@@H](Cc1ccccc1)[C@H](O)CN(CC(C)C)S(=O)(=O)c1ccc(N)cc1)CC(=O)N1CCOCC1. The number of sulfonamides is 1. The van der Waals surface area contributed by atoms with Gasteiger partial charge in [0.05, 0.1) is 43.3 Å². The van der Waals surface area contributed by atoms with Crippen LogP contribution in [0.3, 0.4) is 0 Å². The van der Waals surface area contributed by atoms with E-state index in [0.29, 0.717) is 32.0 Å². The van der Waals surface area contributed by atoms with Crippen molar-refractivity contribution >= 4 is 33.2 Å². The first kappa shape index (κ1) is 36.9. The van der Waals surface area contributed by atoms with E-state index in [9.17, 15) is 23.1 Å². The Morgan fingerprint density at radius 3 is 2.15 bits per heavy atom. The molecule has 0 unspecified atom stereocenters. The van der Waals surface area contributed by atoms with Gasteiger partial charge in [0.1, 0.15) is 0 Å². The number of morpholine rings is 1. The number of nitrogens with one attached hydrogen (secondary N) is 1. The number of aliphatic hydroxyl groups is 1. The van der Waals surface area contributed by atoms with Crippen molar-refractivity contribution in [2.24, 2.45) is 5.92 Å². The standard InChI is InChI=1S/C36H49N5O6S/c1-26(2)22-41(48(45,46)31-15-13-30(37)14-16-31)23-33(42)32(21-29-11-6-5-7-12-29)38-34(43)24-40(36-27(3)9-8-10-28(36)4)25-35(44)39-17-19-47-20-18-39/h5-16,26,32-33,42H,17-25,37H2,1-4H3,(H,38,43)/t32-,33+/m0/s1. The van der Waals surface area contributed by atoms with E-state index in [-0.39, 0.29) is 49.3 Å². The molecule has 3 aromatic carbocycles. The van der Waals surface area contributed by atoms with Crippen molar-refractivity contribution in [3.8, 4) is 0 Å². The molecule has 4 rings (SSSR count). The van der Waals surface area contributed by atoms with Crippen molar-refractivity contribution in [3.63, 3.8) is 0 Å². The van der Waals surface area contributed by atoms with E-state index in [1.807, 2.05) is 76.2 Å². The molecular formula is C36H49N5O6S. The van der Waals surface area contributed by atoms with E-state index in [0.717, 1.165) is 22.4 Å². The summed E-state index contributed by atoms with van der Waals surface area (Å²) in [4.78, 5) is 30.9. The van der Waals surface area contributed by atoms with Gasteiger partial charge in [-0.05, 0) is 67.1 Å². The molecule has 0 saturated carbocycles. The number of ether oxygens (including phenoxy) is 1. The number of hydrogen-bond donors (Lipinski definition) is 3. The van der Waals surface area contributed by atoms with Crippen LogP contribution in [0.1, 0.15) is 30.5 Å². The van der Waals surface area contributed by atoms with E-state index in [1.165, 1.54) is 28.6 Å². The van der Waals surface area contributed by atoms with Crippen LogP contribution in [0.15, 0.2) is 77.7 Å². The highest BCUT2D eigenvalue weighted by Gasteiger charge is 2.32. The largest absolute Gasteiger partial charge is 0.399 e. The van der Waals surface area contributed by atoms with Gasteiger partial charge in [0.15, 0.2) is 0 Å². The van der Waals surface area contributed by atoms with Gasteiger partial charge in [-0.1, -0.05) is 62.4 Å². The van der Waals surface area contributed by atoms with Crippen molar-refractivity contribution in [1.29, 1.82) is 0 Å². The Morgan fingerprint density at radius 2 is 1.54 bits per heavy atom. The normalized spacial score (nSPS) is 14.9. The molecule has 2 amide bonds. The number of carbonyl (C=O) groups is 2. The Bertz CT molecular complexity index is 1590. The number of hydrogen-bond acceptors (Lipinski definition) is 8. The third-order valence-corrected chi connectivity index (χ3v) is 10.2. The average molecular weight is 680 g/mol. The van der Waals surface area contributed by atoms with Crippen LogP contribution in [0.25, 0.3) is 0 Å². The molecule has 260 valence electrons. The maximum absolute atomic E-state index is 13.9. The van der Waals surface area contributed by atoms with E-state index in [1.54, 1.807) is 9.80 Å². The summed E-state index contributed by atoms with van der Waals surface area (Å²) in [5.41, 5.74) is 9.76. The summed E-state index contributed by atoms with van der Waals surface area (Å²) in [6, 6.07) is 20.4. The molecule has 1 saturated heterocycles. The number of amides is 2. The van der Waals surface area contributed by atoms with Gasteiger partial charge in [0.2, 0.25) is 21.8 Å². The first-order valence-corrected chi connectivity index (χ1v) is 17.8. The Hall–Kier alpha value is -3.97. The monoisotopic (exact) mass is 679 g/mol. The number of aryl methyl sites for hydroxylation is 2. The molecule has 1 aliphatic heterocycles. The highest BCUT2D eigenvalue weighted by atomic mass is 32.2. The van der Waals surface area contributed by atoms with E-state index in [2.05, 4.69) is 5.32 Å². The lowest BCUT2D eigenvalue weighted by molar-refractivity contribution is -0.133. The number of rotatable bonds is 15. The molecule has 12 heteroatoms. The molecule has 1 fully saturated rings. The summed E-state index contributed by atoms with van der Waals surface area (Å²) < 4.78 is 34.2. The second-order valence-corrected chi connectivity index (χ2v) is 14.7. The molecule has 0 aliphatic carbocycles. The maximum Gasteiger partial charge on any atom is 0.243 e. The quantitative estimate of drug-likeness (QED) is 0.208. The molecule has 0 bridgehead atoms. The average Bonchev–Trinajstić information content (AvgIpc) is 3.05. The van der Waals surface area contributed by atoms with Crippen LogP contribution in [-0.4, -0.2) is 99.2 Å².